The Bertz CT molecular complexity index is 843. The van der Waals surface area contributed by atoms with E-state index in [-0.39, 0.29) is 17.4 Å². The topological polar surface area (TPSA) is 80.2 Å². The molecule has 25 heavy (non-hydrogen) atoms. The van der Waals surface area contributed by atoms with Gasteiger partial charge in [0.1, 0.15) is 5.75 Å². The van der Waals surface area contributed by atoms with Gasteiger partial charge in [-0.25, -0.2) is 5.43 Å². The van der Waals surface area contributed by atoms with Crippen LogP contribution < -0.4 is 14.9 Å². The molecule has 0 spiro atoms. The van der Waals surface area contributed by atoms with Crippen molar-refractivity contribution in [2.75, 3.05) is 14.2 Å². The van der Waals surface area contributed by atoms with E-state index < -0.39 is 0 Å². The van der Waals surface area contributed by atoms with Crippen LogP contribution in [0, 0.1) is 3.57 Å². The third kappa shape index (κ3) is 4.64. The van der Waals surface area contributed by atoms with Gasteiger partial charge in [-0.3, -0.25) is 4.79 Å². The Morgan fingerprint density at radius 3 is 2.52 bits per heavy atom. The predicted molar refractivity (Wildman–Crippen MR) is 111 cm³/mol. The maximum atomic E-state index is 12.2. The van der Waals surface area contributed by atoms with Crippen LogP contribution in [-0.2, 0) is 0 Å². The fourth-order valence-corrected chi connectivity index (χ4v) is 3.27. The second kappa shape index (κ2) is 8.86. The lowest BCUT2D eigenvalue weighted by atomic mass is 10.2. The van der Waals surface area contributed by atoms with E-state index >= 15 is 0 Å². The highest BCUT2D eigenvalue weighted by atomic mass is 127. The van der Waals surface area contributed by atoms with Gasteiger partial charge in [0.15, 0.2) is 11.5 Å². The fourth-order valence-electron chi connectivity index (χ4n) is 1.89. The quantitative estimate of drug-likeness (QED) is 0.313. The van der Waals surface area contributed by atoms with Crippen molar-refractivity contribution < 1.29 is 19.4 Å². The molecule has 0 unspecified atom stereocenters. The van der Waals surface area contributed by atoms with Gasteiger partial charge in [-0.2, -0.15) is 5.10 Å². The first-order chi connectivity index (χ1) is 11.9. The van der Waals surface area contributed by atoms with Crippen molar-refractivity contribution in [3.63, 3.8) is 0 Å². The van der Waals surface area contributed by atoms with Crippen molar-refractivity contribution in [3.8, 4) is 17.2 Å². The van der Waals surface area contributed by atoms with E-state index in [0.717, 1.165) is 3.57 Å². The summed E-state index contributed by atoms with van der Waals surface area (Å²) < 4.78 is 12.2. The van der Waals surface area contributed by atoms with Gasteiger partial charge in [0.25, 0.3) is 5.91 Å². The van der Waals surface area contributed by atoms with Gasteiger partial charge in [-0.05, 0) is 78.7 Å². The van der Waals surface area contributed by atoms with Gasteiger partial charge in [-0.1, -0.05) is 0 Å². The molecule has 6 nitrogen and oxygen atoms in total. The summed E-state index contributed by atoms with van der Waals surface area (Å²) >= 11 is 8.74. The Kier molecular flexibility index (Phi) is 7.08. The highest BCUT2D eigenvalue weighted by molar-refractivity contribution is 14.1. The Balaban J connectivity index is 2.18. The van der Waals surface area contributed by atoms with E-state index in [9.17, 15) is 9.90 Å². The van der Waals surface area contributed by atoms with Gasteiger partial charge >= 0.3 is 0 Å². The molecule has 9 heteroatoms. The van der Waals surface area contributed by atoms with Crippen LogP contribution in [0.15, 0.2) is 38.3 Å². The monoisotopic (exact) mass is 582 g/mol. The highest BCUT2D eigenvalue weighted by Gasteiger charge is 2.14. The number of carbonyl (C=O) groups excluding carboxylic acids is 1. The number of hydrogen-bond acceptors (Lipinski definition) is 5. The number of phenolic OH excluding ortho intramolecular Hbond substituents is 1. The van der Waals surface area contributed by atoms with Gasteiger partial charge in [-0.15, -0.1) is 0 Å². The zero-order valence-corrected chi connectivity index (χ0v) is 18.5. The smallest absolute Gasteiger partial charge is 0.271 e. The predicted octanol–water partition coefficient (Wildman–Crippen LogP) is 4.30. The first-order valence-corrected chi connectivity index (χ1v) is 9.47. The third-order valence-corrected chi connectivity index (χ3v) is 6.23. The molecule has 0 aliphatic heterocycles. The Hall–Kier alpha value is -1.33. The zero-order chi connectivity index (χ0) is 18.6. The number of hydrogen-bond donors (Lipinski definition) is 2. The first kappa shape index (κ1) is 20.0. The number of nitrogens with one attached hydrogen (secondary N) is 1. The van der Waals surface area contributed by atoms with Crippen LogP contribution in [0.3, 0.4) is 0 Å². The minimum atomic E-state index is -0.369. The van der Waals surface area contributed by atoms with Gasteiger partial charge < -0.3 is 14.6 Å². The minimum absolute atomic E-state index is 0.0263. The van der Waals surface area contributed by atoms with Crippen molar-refractivity contribution in [2.24, 2.45) is 5.10 Å². The molecule has 2 aromatic carbocycles. The molecule has 0 saturated carbocycles. The van der Waals surface area contributed by atoms with Crippen molar-refractivity contribution in [1.82, 2.24) is 5.43 Å². The molecular formula is C16H13Br2IN2O4. The maximum Gasteiger partial charge on any atom is 0.271 e. The molecule has 2 rings (SSSR count). The molecule has 0 bridgehead atoms. The molecule has 0 fully saturated rings. The van der Waals surface area contributed by atoms with Crippen molar-refractivity contribution in [2.45, 2.75) is 0 Å². The van der Waals surface area contributed by atoms with E-state index in [0.29, 0.717) is 25.8 Å². The van der Waals surface area contributed by atoms with Crippen LogP contribution in [0.1, 0.15) is 15.9 Å². The largest absolute Gasteiger partial charge is 0.503 e. The number of benzene rings is 2. The van der Waals surface area contributed by atoms with Crippen molar-refractivity contribution >= 4 is 66.6 Å². The Morgan fingerprint density at radius 1 is 1.20 bits per heavy atom. The number of carbonyl (C=O) groups is 1. The molecule has 0 radical (unpaired) electrons. The fraction of sp³-hybridized carbons (Fsp3) is 0.125. The number of ether oxygens (including phenoxy) is 2. The molecule has 0 aromatic heterocycles. The van der Waals surface area contributed by atoms with Crippen LogP contribution in [0.2, 0.25) is 0 Å². The van der Waals surface area contributed by atoms with Crippen molar-refractivity contribution in [3.05, 3.63) is 47.9 Å². The minimum Gasteiger partial charge on any atom is -0.503 e. The summed E-state index contributed by atoms with van der Waals surface area (Å²) in [7, 11) is 2.99. The number of rotatable bonds is 5. The average Bonchev–Trinajstić information content (AvgIpc) is 2.61. The molecule has 2 aromatic rings. The molecule has 0 aliphatic rings. The molecule has 0 aliphatic carbocycles. The van der Waals surface area contributed by atoms with E-state index in [4.69, 9.17) is 9.47 Å². The second-order valence-corrected chi connectivity index (χ2v) is 7.44. The SMILES string of the molecule is COc1cc(C(=O)N/N=C/c2cc(OC)c(O)c(Br)c2Br)ccc1I. The zero-order valence-electron chi connectivity index (χ0n) is 13.1. The normalized spacial score (nSPS) is 10.8. The van der Waals surface area contributed by atoms with Gasteiger partial charge in [0.05, 0.1) is 28.5 Å². The standard InChI is InChI=1S/C16H13Br2IN2O4/c1-24-11-5-8(3-4-10(11)19)16(23)21-20-7-9-6-12(25-2)15(22)14(18)13(9)17/h3-7,22H,1-2H3,(H,21,23)/b20-7+. The number of amides is 1. The van der Waals surface area contributed by atoms with E-state index in [1.165, 1.54) is 13.3 Å². The lowest BCUT2D eigenvalue weighted by Gasteiger charge is -2.09. The van der Waals surface area contributed by atoms with Gasteiger partial charge in [0.2, 0.25) is 0 Å². The molecular weight excluding hydrogens is 571 g/mol. The summed E-state index contributed by atoms with van der Waals surface area (Å²) in [6, 6.07) is 6.71. The average molecular weight is 584 g/mol. The number of methoxy groups -OCH3 is 2. The number of phenols is 1. The summed E-state index contributed by atoms with van der Waals surface area (Å²) in [4.78, 5) is 12.2. The van der Waals surface area contributed by atoms with E-state index in [1.54, 1.807) is 31.4 Å². The lowest BCUT2D eigenvalue weighted by molar-refractivity contribution is 0.0954. The second-order valence-electron chi connectivity index (χ2n) is 4.69. The molecule has 0 saturated heterocycles. The molecule has 132 valence electrons. The number of hydrazone groups is 1. The molecule has 0 atom stereocenters. The molecule has 1 amide bonds. The van der Waals surface area contributed by atoms with Crippen LogP contribution in [0.25, 0.3) is 0 Å². The third-order valence-electron chi connectivity index (χ3n) is 3.18. The van der Waals surface area contributed by atoms with E-state index in [1.807, 2.05) is 0 Å². The number of aromatic hydroxyl groups is 1. The summed E-state index contributed by atoms with van der Waals surface area (Å²) in [5.74, 6) is 0.505. The Labute approximate surface area is 175 Å². The maximum absolute atomic E-state index is 12.2. The summed E-state index contributed by atoms with van der Waals surface area (Å²) in [5, 5.41) is 13.9. The van der Waals surface area contributed by atoms with Crippen LogP contribution in [0.5, 0.6) is 17.2 Å². The summed E-state index contributed by atoms with van der Waals surface area (Å²) in [6.45, 7) is 0. The van der Waals surface area contributed by atoms with E-state index in [2.05, 4.69) is 65.0 Å². The Morgan fingerprint density at radius 2 is 1.88 bits per heavy atom. The van der Waals surface area contributed by atoms with Crippen LogP contribution in [-0.4, -0.2) is 31.4 Å². The van der Waals surface area contributed by atoms with Gasteiger partial charge in [0, 0.05) is 15.6 Å². The molecule has 2 N–H and O–H groups in total. The number of nitrogens with zero attached hydrogens (tertiary/aromatic N) is 1. The summed E-state index contributed by atoms with van der Waals surface area (Å²) in [5.41, 5.74) is 3.49. The summed E-state index contributed by atoms with van der Waals surface area (Å²) in [6.07, 6.45) is 1.44. The van der Waals surface area contributed by atoms with Crippen molar-refractivity contribution in [1.29, 1.82) is 0 Å². The van der Waals surface area contributed by atoms with Crippen LogP contribution >= 0.6 is 54.5 Å². The highest BCUT2D eigenvalue weighted by Crippen LogP contribution is 2.41. The lowest BCUT2D eigenvalue weighted by Crippen LogP contribution is -2.17. The van der Waals surface area contributed by atoms with Crippen LogP contribution in [0.4, 0.5) is 0 Å². The first-order valence-electron chi connectivity index (χ1n) is 6.81. The number of halogens is 3. The molecule has 0 heterocycles.